The lowest BCUT2D eigenvalue weighted by Crippen LogP contribution is -2.27. The number of carbonyl (C=O) groups excluding carboxylic acids is 1. The molecular weight excluding hydrogens is 251 g/mol. The minimum atomic E-state index is -0.513. The number of carbonyl (C=O) groups is 1. The van der Waals surface area contributed by atoms with E-state index in [9.17, 15) is 9.18 Å². The zero-order valence-corrected chi connectivity index (χ0v) is 11.1. The van der Waals surface area contributed by atoms with Crippen LogP contribution in [0.2, 0.25) is 0 Å². The minimum Gasteiger partial charge on any atom is -0.399 e. The molecule has 1 aromatic carbocycles. The van der Waals surface area contributed by atoms with E-state index in [-0.39, 0.29) is 5.56 Å². The van der Waals surface area contributed by atoms with Gasteiger partial charge in [-0.15, -0.1) is 6.58 Å². The van der Waals surface area contributed by atoms with E-state index in [4.69, 9.17) is 5.73 Å². The molecule has 0 saturated carbocycles. The number of nitrogen functional groups attached to an aromatic ring is 1. The summed E-state index contributed by atoms with van der Waals surface area (Å²) in [5, 5.41) is 2.66. The zero-order chi connectivity index (χ0) is 13.5. The molecule has 0 fully saturated rings. The molecule has 0 heterocycles. The molecule has 0 aromatic heterocycles. The third kappa shape index (κ3) is 4.07. The molecule has 1 rings (SSSR count). The monoisotopic (exact) mass is 268 g/mol. The number of hydrogen-bond donors (Lipinski definition) is 2. The van der Waals surface area contributed by atoms with Crippen molar-refractivity contribution in [1.82, 2.24) is 5.32 Å². The van der Waals surface area contributed by atoms with Crippen LogP contribution >= 0.6 is 11.8 Å². The van der Waals surface area contributed by atoms with Crippen molar-refractivity contribution in [1.29, 1.82) is 0 Å². The topological polar surface area (TPSA) is 55.1 Å². The fraction of sp³-hybridized carbons (Fsp3) is 0.308. The lowest BCUT2D eigenvalue weighted by atomic mass is 10.1. The molecule has 0 bridgehead atoms. The molecule has 0 spiro atoms. The van der Waals surface area contributed by atoms with Gasteiger partial charge >= 0.3 is 0 Å². The first-order chi connectivity index (χ1) is 8.56. The summed E-state index contributed by atoms with van der Waals surface area (Å²) in [5.41, 5.74) is 6.36. The number of thioether (sulfide) groups is 1. The Bertz CT molecular complexity index is 449. The van der Waals surface area contributed by atoms with E-state index in [2.05, 4.69) is 11.9 Å². The molecule has 0 atom stereocenters. The molecule has 0 aliphatic rings. The van der Waals surface area contributed by atoms with Crippen molar-refractivity contribution in [2.24, 2.45) is 0 Å². The number of anilines is 1. The van der Waals surface area contributed by atoms with Crippen LogP contribution in [0, 0.1) is 12.7 Å². The SMILES string of the molecule is C=CCSCCNC(=O)c1cc(N)cc(C)c1F. The quantitative estimate of drug-likeness (QED) is 0.473. The normalized spacial score (nSPS) is 10.1. The second kappa shape index (κ2) is 7.06. The molecule has 5 heteroatoms. The van der Waals surface area contributed by atoms with Crippen molar-refractivity contribution in [2.45, 2.75) is 6.92 Å². The highest BCUT2D eigenvalue weighted by Crippen LogP contribution is 2.16. The summed E-state index contributed by atoms with van der Waals surface area (Å²) in [6.07, 6.45) is 1.80. The Morgan fingerprint density at radius 3 is 3.00 bits per heavy atom. The van der Waals surface area contributed by atoms with Crippen molar-refractivity contribution in [2.75, 3.05) is 23.8 Å². The minimum absolute atomic E-state index is 0.00113. The van der Waals surface area contributed by atoms with E-state index < -0.39 is 11.7 Å². The van der Waals surface area contributed by atoms with Crippen LogP contribution in [0.4, 0.5) is 10.1 Å². The largest absolute Gasteiger partial charge is 0.399 e. The molecule has 1 amide bonds. The van der Waals surface area contributed by atoms with Gasteiger partial charge in [0, 0.05) is 23.7 Å². The van der Waals surface area contributed by atoms with Gasteiger partial charge < -0.3 is 11.1 Å². The molecule has 0 saturated heterocycles. The molecule has 0 aliphatic carbocycles. The summed E-state index contributed by atoms with van der Waals surface area (Å²) >= 11 is 1.65. The summed E-state index contributed by atoms with van der Waals surface area (Å²) < 4.78 is 13.7. The Hall–Kier alpha value is -1.49. The first kappa shape index (κ1) is 14.6. The summed E-state index contributed by atoms with van der Waals surface area (Å²) in [7, 11) is 0. The van der Waals surface area contributed by atoms with Crippen LogP contribution in [0.3, 0.4) is 0 Å². The second-order valence-corrected chi connectivity index (χ2v) is 4.97. The molecule has 0 unspecified atom stereocenters. The summed E-state index contributed by atoms with van der Waals surface area (Å²) in [4.78, 5) is 11.8. The smallest absolute Gasteiger partial charge is 0.254 e. The molecule has 0 aliphatic heterocycles. The maximum absolute atomic E-state index is 13.7. The highest BCUT2D eigenvalue weighted by molar-refractivity contribution is 7.99. The molecule has 3 nitrogen and oxygen atoms in total. The standard InChI is InChI=1S/C13H17FN2OS/c1-3-5-18-6-4-16-13(17)11-8-10(15)7-9(2)12(11)14/h3,7-8H,1,4-6,15H2,2H3,(H,16,17). The number of aryl methyl sites for hydroxylation is 1. The number of rotatable bonds is 6. The lowest BCUT2D eigenvalue weighted by molar-refractivity contribution is 0.0952. The van der Waals surface area contributed by atoms with Gasteiger partial charge in [0.15, 0.2) is 0 Å². The number of halogens is 1. The Morgan fingerprint density at radius 2 is 2.33 bits per heavy atom. The second-order valence-electron chi connectivity index (χ2n) is 3.82. The summed E-state index contributed by atoms with van der Waals surface area (Å²) in [5.74, 6) is 0.657. The average molecular weight is 268 g/mol. The molecule has 1 aromatic rings. The van der Waals surface area contributed by atoms with Crippen molar-refractivity contribution >= 4 is 23.4 Å². The van der Waals surface area contributed by atoms with E-state index in [1.54, 1.807) is 24.8 Å². The maximum atomic E-state index is 13.7. The van der Waals surface area contributed by atoms with Gasteiger partial charge in [0.2, 0.25) is 0 Å². The summed E-state index contributed by atoms with van der Waals surface area (Å²) in [6, 6.07) is 2.86. The van der Waals surface area contributed by atoms with E-state index >= 15 is 0 Å². The third-order valence-corrected chi connectivity index (χ3v) is 3.25. The first-order valence-corrected chi connectivity index (χ1v) is 6.74. The highest BCUT2D eigenvalue weighted by atomic mass is 32.2. The van der Waals surface area contributed by atoms with Gasteiger partial charge in [-0.1, -0.05) is 6.08 Å². The van der Waals surface area contributed by atoms with E-state index in [0.29, 0.717) is 17.8 Å². The Balaban J connectivity index is 2.59. The van der Waals surface area contributed by atoms with Gasteiger partial charge in [-0.25, -0.2) is 4.39 Å². The van der Waals surface area contributed by atoms with Crippen LogP contribution in [-0.2, 0) is 0 Å². The van der Waals surface area contributed by atoms with E-state index in [1.165, 1.54) is 12.1 Å². The molecular formula is C13H17FN2OS. The van der Waals surface area contributed by atoms with Crippen molar-refractivity contribution in [3.05, 3.63) is 41.7 Å². The van der Waals surface area contributed by atoms with Crippen LogP contribution in [0.1, 0.15) is 15.9 Å². The van der Waals surface area contributed by atoms with Crippen LogP contribution in [-0.4, -0.2) is 24.0 Å². The predicted octanol–water partition coefficient (Wildman–Crippen LogP) is 2.37. The van der Waals surface area contributed by atoms with Gasteiger partial charge in [-0.3, -0.25) is 4.79 Å². The molecule has 3 N–H and O–H groups in total. The van der Waals surface area contributed by atoms with Crippen LogP contribution < -0.4 is 11.1 Å². The number of hydrogen-bond acceptors (Lipinski definition) is 3. The van der Waals surface area contributed by atoms with Crippen LogP contribution in [0.15, 0.2) is 24.8 Å². The lowest BCUT2D eigenvalue weighted by Gasteiger charge is -2.08. The number of nitrogens with two attached hydrogens (primary N) is 1. The Kier molecular flexibility index (Phi) is 5.71. The fourth-order valence-corrected chi connectivity index (χ4v) is 2.04. The van der Waals surface area contributed by atoms with Gasteiger partial charge in [0.25, 0.3) is 5.91 Å². The Morgan fingerprint density at radius 1 is 1.61 bits per heavy atom. The Labute approximate surface area is 111 Å². The van der Waals surface area contributed by atoms with Crippen molar-refractivity contribution < 1.29 is 9.18 Å². The third-order valence-electron chi connectivity index (χ3n) is 2.29. The van der Waals surface area contributed by atoms with Crippen LogP contribution in [0.5, 0.6) is 0 Å². The molecule has 98 valence electrons. The van der Waals surface area contributed by atoms with Gasteiger partial charge in [-0.2, -0.15) is 11.8 Å². The van der Waals surface area contributed by atoms with E-state index in [0.717, 1.165) is 11.5 Å². The molecule has 0 radical (unpaired) electrons. The number of nitrogens with one attached hydrogen (secondary N) is 1. The fourth-order valence-electron chi connectivity index (χ4n) is 1.46. The van der Waals surface area contributed by atoms with Gasteiger partial charge in [0.1, 0.15) is 5.82 Å². The maximum Gasteiger partial charge on any atom is 0.254 e. The average Bonchev–Trinajstić information content (AvgIpc) is 2.33. The van der Waals surface area contributed by atoms with E-state index in [1.807, 2.05) is 0 Å². The predicted molar refractivity (Wildman–Crippen MR) is 75.4 cm³/mol. The summed E-state index contributed by atoms with van der Waals surface area (Å²) in [6.45, 7) is 5.68. The number of benzene rings is 1. The number of amides is 1. The van der Waals surface area contributed by atoms with Gasteiger partial charge in [-0.05, 0) is 24.6 Å². The van der Waals surface area contributed by atoms with Gasteiger partial charge in [0.05, 0.1) is 5.56 Å². The first-order valence-electron chi connectivity index (χ1n) is 5.58. The van der Waals surface area contributed by atoms with Crippen molar-refractivity contribution in [3.8, 4) is 0 Å². The van der Waals surface area contributed by atoms with Crippen LogP contribution in [0.25, 0.3) is 0 Å². The van der Waals surface area contributed by atoms with Crippen molar-refractivity contribution in [3.63, 3.8) is 0 Å². The molecule has 18 heavy (non-hydrogen) atoms. The zero-order valence-electron chi connectivity index (χ0n) is 10.3. The highest BCUT2D eigenvalue weighted by Gasteiger charge is 2.13.